The molecule has 1 rings (SSSR count). The summed E-state index contributed by atoms with van der Waals surface area (Å²) in [5.74, 6) is -0.284. The van der Waals surface area contributed by atoms with Crippen LogP contribution in [0.4, 0.5) is 0 Å². The number of nitrogens with one attached hydrogen (secondary N) is 2. The van der Waals surface area contributed by atoms with Gasteiger partial charge in [-0.2, -0.15) is 0 Å². The van der Waals surface area contributed by atoms with Gasteiger partial charge in [-0.1, -0.05) is 0 Å². The van der Waals surface area contributed by atoms with E-state index in [0.29, 0.717) is 12.1 Å². The van der Waals surface area contributed by atoms with Crippen LogP contribution >= 0.6 is 0 Å². The minimum absolute atomic E-state index is 0.0910. The molecule has 2 unspecified atom stereocenters. The number of rotatable bonds is 4. The third kappa shape index (κ3) is 3.62. The third-order valence-electron chi connectivity index (χ3n) is 2.16. The van der Waals surface area contributed by atoms with Crippen molar-refractivity contribution in [2.75, 3.05) is 12.8 Å². The molecule has 0 bridgehead atoms. The molecule has 6 heteroatoms. The topological polar surface area (TPSA) is 79.0 Å². The third-order valence-corrected chi connectivity index (χ3v) is 3.46. The van der Waals surface area contributed by atoms with Crippen LogP contribution in [0.25, 0.3) is 0 Å². The molecule has 0 saturated carbocycles. The number of aromatic amines is 1. The largest absolute Gasteiger partial charge is 0.351 e. The first-order chi connectivity index (χ1) is 7.50. The van der Waals surface area contributed by atoms with Crippen LogP contribution in [-0.2, 0) is 10.8 Å². The van der Waals surface area contributed by atoms with Gasteiger partial charge < -0.3 is 10.3 Å². The van der Waals surface area contributed by atoms with Crippen molar-refractivity contribution in [1.29, 1.82) is 0 Å². The Morgan fingerprint density at radius 3 is 2.75 bits per heavy atom. The number of amides is 1. The van der Waals surface area contributed by atoms with Crippen LogP contribution in [0, 0.1) is 0 Å². The zero-order chi connectivity index (χ0) is 12.1. The maximum Gasteiger partial charge on any atom is 0.252 e. The summed E-state index contributed by atoms with van der Waals surface area (Å²) >= 11 is 0. The zero-order valence-corrected chi connectivity index (χ0v) is 9.97. The van der Waals surface area contributed by atoms with Crippen LogP contribution < -0.4 is 10.9 Å². The maximum absolute atomic E-state index is 11.6. The van der Waals surface area contributed by atoms with E-state index in [1.807, 2.05) is 0 Å². The summed E-state index contributed by atoms with van der Waals surface area (Å²) in [6.07, 6.45) is 2.95. The Kier molecular flexibility index (Phi) is 4.42. The molecule has 16 heavy (non-hydrogen) atoms. The molecule has 0 aromatic carbocycles. The van der Waals surface area contributed by atoms with E-state index in [4.69, 9.17) is 0 Å². The second kappa shape index (κ2) is 5.60. The Hall–Kier alpha value is -1.43. The Bertz CT molecular complexity index is 435. The first kappa shape index (κ1) is 12.6. The van der Waals surface area contributed by atoms with Crippen molar-refractivity contribution < 1.29 is 9.00 Å². The van der Waals surface area contributed by atoms with Gasteiger partial charge in [0.25, 0.3) is 5.91 Å². The number of carbonyl (C=O) groups is 1. The Labute approximate surface area is 95.7 Å². The summed E-state index contributed by atoms with van der Waals surface area (Å²) in [5, 5.41) is 2.55. The highest BCUT2D eigenvalue weighted by Crippen LogP contribution is 1.95. The molecule has 2 N–H and O–H groups in total. The normalized spacial score (nSPS) is 14.1. The molecule has 88 valence electrons. The molecule has 0 aliphatic carbocycles. The van der Waals surface area contributed by atoms with Crippen LogP contribution in [-0.4, -0.2) is 33.2 Å². The van der Waals surface area contributed by atoms with E-state index in [2.05, 4.69) is 10.3 Å². The van der Waals surface area contributed by atoms with E-state index in [1.165, 1.54) is 18.3 Å². The van der Waals surface area contributed by atoms with Crippen LogP contribution in [0.15, 0.2) is 23.1 Å². The fourth-order valence-electron chi connectivity index (χ4n) is 1.01. The molecule has 0 aliphatic rings. The van der Waals surface area contributed by atoms with E-state index < -0.39 is 10.8 Å². The number of carbonyl (C=O) groups excluding carboxylic acids is 1. The van der Waals surface area contributed by atoms with Gasteiger partial charge in [0.2, 0.25) is 5.56 Å². The van der Waals surface area contributed by atoms with Crippen LogP contribution in [0.5, 0.6) is 0 Å². The fourth-order valence-corrected chi connectivity index (χ4v) is 1.33. The predicted octanol–water partition coefficient (Wildman–Crippen LogP) is -0.128. The van der Waals surface area contributed by atoms with Gasteiger partial charge in [0.1, 0.15) is 0 Å². The van der Waals surface area contributed by atoms with Crippen LogP contribution in [0.1, 0.15) is 17.3 Å². The van der Waals surface area contributed by atoms with Gasteiger partial charge in [0.15, 0.2) is 0 Å². The van der Waals surface area contributed by atoms with Gasteiger partial charge in [-0.25, -0.2) is 0 Å². The zero-order valence-electron chi connectivity index (χ0n) is 9.15. The number of hydrogen-bond donors (Lipinski definition) is 2. The SMILES string of the molecule is CC(CNC(=O)c1ccc(=O)[nH]c1)S(C)=O. The molecule has 1 amide bonds. The minimum atomic E-state index is -0.959. The number of H-pyrrole nitrogens is 1. The standard InChI is InChI=1S/C10H14N2O3S/c1-7(16(2)15)5-12-10(14)8-3-4-9(13)11-6-8/h3-4,6-7H,5H2,1-2H3,(H,11,13)(H,12,14). The lowest BCUT2D eigenvalue weighted by Gasteiger charge is -2.09. The molecule has 1 aromatic heterocycles. The summed E-state index contributed by atoms with van der Waals surface area (Å²) in [6, 6.07) is 2.73. The van der Waals surface area contributed by atoms with Gasteiger partial charge in [0, 0.05) is 41.1 Å². The van der Waals surface area contributed by atoms with Gasteiger partial charge in [0.05, 0.1) is 5.56 Å². The van der Waals surface area contributed by atoms with Crippen molar-refractivity contribution in [3.63, 3.8) is 0 Å². The van der Waals surface area contributed by atoms with Crippen molar-refractivity contribution in [2.45, 2.75) is 12.2 Å². The molecule has 2 atom stereocenters. The van der Waals surface area contributed by atoms with E-state index in [9.17, 15) is 13.8 Å². The van der Waals surface area contributed by atoms with Gasteiger partial charge in [-0.05, 0) is 13.0 Å². The Balaban J connectivity index is 2.56. The summed E-state index contributed by atoms with van der Waals surface area (Å²) in [5.41, 5.74) is 0.133. The summed E-state index contributed by atoms with van der Waals surface area (Å²) in [6.45, 7) is 2.14. The quantitative estimate of drug-likeness (QED) is 0.772. The molecule has 0 aliphatic heterocycles. The number of hydrogen-bond acceptors (Lipinski definition) is 3. The number of pyridine rings is 1. The van der Waals surface area contributed by atoms with E-state index in [0.717, 1.165) is 0 Å². The molecule has 0 fully saturated rings. The molecule has 1 heterocycles. The first-order valence-corrected chi connectivity index (χ1v) is 6.42. The van der Waals surface area contributed by atoms with Crippen molar-refractivity contribution in [1.82, 2.24) is 10.3 Å². The maximum atomic E-state index is 11.6. The second-order valence-corrected chi connectivity index (χ2v) is 5.26. The van der Waals surface area contributed by atoms with Crippen molar-refractivity contribution in [2.24, 2.45) is 0 Å². The molecular weight excluding hydrogens is 228 g/mol. The predicted molar refractivity (Wildman–Crippen MR) is 62.9 cm³/mol. The van der Waals surface area contributed by atoms with Gasteiger partial charge in [-0.15, -0.1) is 0 Å². The van der Waals surface area contributed by atoms with Crippen molar-refractivity contribution >= 4 is 16.7 Å². The molecule has 5 nitrogen and oxygen atoms in total. The molecule has 0 saturated heterocycles. The van der Waals surface area contributed by atoms with Gasteiger partial charge in [-0.3, -0.25) is 13.8 Å². The Morgan fingerprint density at radius 2 is 2.25 bits per heavy atom. The van der Waals surface area contributed by atoms with Crippen LogP contribution in [0.3, 0.4) is 0 Å². The fraction of sp³-hybridized carbons (Fsp3) is 0.400. The average molecular weight is 242 g/mol. The van der Waals surface area contributed by atoms with E-state index in [1.54, 1.807) is 13.2 Å². The lowest BCUT2D eigenvalue weighted by Crippen LogP contribution is -2.32. The number of aromatic nitrogens is 1. The molecular formula is C10H14N2O3S. The highest BCUT2D eigenvalue weighted by atomic mass is 32.2. The van der Waals surface area contributed by atoms with Crippen LogP contribution in [0.2, 0.25) is 0 Å². The average Bonchev–Trinajstić information content (AvgIpc) is 2.26. The lowest BCUT2D eigenvalue weighted by molar-refractivity contribution is 0.0953. The summed E-state index contributed by atoms with van der Waals surface area (Å²) in [4.78, 5) is 24.7. The lowest BCUT2D eigenvalue weighted by atomic mass is 10.2. The highest BCUT2D eigenvalue weighted by Gasteiger charge is 2.09. The van der Waals surface area contributed by atoms with Gasteiger partial charge >= 0.3 is 0 Å². The summed E-state index contributed by atoms with van der Waals surface area (Å²) in [7, 11) is -0.959. The van der Waals surface area contributed by atoms with Crippen molar-refractivity contribution in [3.8, 4) is 0 Å². The molecule has 0 radical (unpaired) electrons. The second-order valence-electron chi connectivity index (χ2n) is 3.46. The highest BCUT2D eigenvalue weighted by molar-refractivity contribution is 7.84. The smallest absolute Gasteiger partial charge is 0.252 e. The molecule has 0 spiro atoms. The van der Waals surface area contributed by atoms with Crippen molar-refractivity contribution in [3.05, 3.63) is 34.2 Å². The monoisotopic (exact) mass is 242 g/mol. The minimum Gasteiger partial charge on any atom is -0.351 e. The summed E-state index contributed by atoms with van der Waals surface area (Å²) < 4.78 is 11.0. The molecule has 1 aromatic rings. The van der Waals surface area contributed by atoms with E-state index >= 15 is 0 Å². The van der Waals surface area contributed by atoms with E-state index in [-0.39, 0.29) is 16.7 Å². The first-order valence-electron chi connectivity index (χ1n) is 4.80. The Morgan fingerprint density at radius 1 is 1.56 bits per heavy atom.